The fourth-order valence-corrected chi connectivity index (χ4v) is 2.40. The lowest BCUT2D eigenvalue weighted by atomic mass is 9.84. The Hall–Kier alpha value is -0.990. The summed E-state index contributed by atoms with van der Waals surface area (Å²) in [5.74, 6) is -0.118. The number of hydrogen-bond acceptors (Lipinski definition) is 3. The Morgan fingerprint density at radius 1 is 1.47 bits per heavy atom. The zero-order chi connectivity index (χ0) is 10.9. The van der Waals surface area contributed by atoms with Crippen molar-refractivity contribution in [3.8, 4) is 0 Å². The van der Waals surface area contributed by atoms with Crippen LogP contribution in [-0.2, 0) is 9.53 Å². The third-order valence-electron chi connectivity index (χ3n) is 3.60. The van der Waals surface area contributed by atoms with Gasteiger partial charge in [0.15, 0.2) is 0 Å². The number of nitrogens with one attached hydrogen (secondary N) is 1. The Labute approximate surface area is 90.9 Å². The van der Waals surface area contributed by atoms with Crippen LogP contribution in [0.15, 0.2) is 11.3 Å². The minimum atomic E-state index is -0.118. The third kappa shape index (κ3) is 2.01. The topological polar surface area (TPSA) is 38.3 Å². The standard InChI is InChI=1S/C12H19NO2/c1-3-15-11(14)9-8-12(6-7-12)5-4-10(9)13-2/h13H,3-8H2,1-2H3. The van der Waals surface area contributed by atoms with Gasteiger partial charge in [-0.3, -0.25) is 0 Å². The molecule has 0 bridgehead atoms. The summed E-state index contributed by atoms with van der Waals surface area (Å²) in [7, 11) is 1.89. The summed E-state index contributed by atoms with van der Waals surface area (Å²) in [5.41, 5.74) is 2.44. The van der Waals surface area contributed by atoms with Crippen LogP contribution in [0.3, 0.4) is 0 Å². The molecule has 0 aliphatic heterocycles. The van der Waals surface area contributed by atoms with Gasteiger partial charge in [-0.25, -0.2) is 4.79 Å². The van der Waals surface area contributed by atoms with E-state index in [0.29, 0.717) is 12.0 Å². The number of carbonyl (C=O) groups excluding carboxylic acids is 1. The molecule has 0 unspecified atom stereocenters. The van der Waals surface area contributed by atoms with E-state index in [1.807, 2.05) is 14.0 Å². The second-order valence-electron chi connectivity index (χ2n) is 4.60. The van der Waals surface area contributed by atoms with E-state index in [-0.39, 0.29) is 5.97 Å². The summed E-state index contributed by atoms with van der Waals surface area (Å²) in [6.07, 6.45) is 5.72. The van der Waals surface area contributed by atoms with Gasteiger partial charge in [-0.1, -0.05) is 0 Å². The van der Waals surface area contributed by atoms with Crippen LogP contribution < -0.4 is 5.32 Å². The molecule has 0 radical (unpaired) electrons. The SMILES string of the molecule is CCOC(=O)C1=C(NC)CCC2(CC2)C1. The normalized spacial score (nSPS) is 22.8. The zero-order valence-electron chi connectivity index (χ0n) is 9.56. The van der Waals surface area contributed by atoms with Gasteiger partial charge in [-0.15, -0.1) is 0 Å². The molecule has 2 aliphatic carbocycles. The molecule has 1 N–H and O–H groups in total. The highest BCUT2D eigenvalue weighted by Gasteiger charge is 2.46. The van der Waals surface area contributed by atoms with Crippen LogP contribution in [0.4, 0.5) is 0 Å². The summed E-state index contributed by atoms with van der Waals surface area (Å²) in [6.45, 7) is 2.32. The molecule has 2 aliphatic rings. The number of ether oxygens (including phenoxy) is 1. The maximum atomic E-state index is 11.8. The van der Waals surface area contributed by atoms with E-state index >= 15 is 0 Å². The molecule has 3 nitrogen and oxygen atoms in total. The summed E-state index contributed by atoms with van der Waals surface area (Å²) in [6, 6.07) is 0. The molecule has 0 aromatic rings. The maximum absolute atomic E-state index is 11.8. The van der Waals surface area contributed by atoms with Crippen molar-refractivity contribution in [2.75, 3.05) is 13.7 Å². The molecule has 2 rings (SSSR count). The monoisotopic (exact) mass is 209 g/mol. The van der Waals surface area contributed by atoms with Gasteiger partial charge in [0.2, 0.25) is 0 Å². The first kappa shape index (κ1) is 10.5. The van der Waals surface area contributed by atoms with Crippen molar-refractivity contribution in [3.63, 3.8) is 0 Å². The largest absolute Gasteiger partial charge is 0.463 e. The van der Waals surface area contributed by atoms with E-state index in [1.165, 1.54) is 19.3 Å². The van der Waals surface area contributed by atoms with Gasteiger partial charge in [0.25, 0.3) is 0 Å². The molecule has 1 spiro atoms. The van der Waals surface area contributed by atoms with Crippen molar-refractivity contribution in [1.82, 2.24) is 5.32 Å². The van der Waals surface area contributed by atoms with Gasteiger partial charge in [0, 0.05) is 12.7 Å². The summed E-state index contributed by atoms with van der Waals surface area (Å²) in [4.78, 5) is 11.8. The Bertz CT molecular complexity index is 303. The van der Waals surface area contributed by atoms with Gasteiger partial charge in [0.1, 0.15) is 0 Å². The van der Waals surface area contributed by atoms with E-state index in [2.05, 4.69) is 5.32 Å². The summed E-state index contributed by atoms with van der Waals surface area (Å²) < 4.78 is 5.10. The van der Waals surface area contributed by atoms with E-state index in [1.54, 1.807) is 0 Å². The molecule has 3 heteroatoms. The van der Waals surface area contributed by atoms with Gasteiger partial charge < -0.3 is 10.1 Å². The van der Waals surface area contributed by atoms with Crippen molar-refractivity contribution in [2.45, 2.75) is 39.0 Å². The van der Waals surface area contributed by atoms with Crippen LogP contribution in [0.2, 0.25) is 0 Å². The Morgan fingerprint density at radius 3 is 2.73 bits per heavy atom. The molecular weight excluding hydrogens is 190 g/mol. The van der Waals surface area contributed by atoms with Gasteiger partial charge in [0.05, 0.1) is 12.2 Å². The van der Waals surface area contributed by atoms with Crippen LogP contribution in [-0.4, -0.2) is 19.6 Å². The highest BCUT2D eigenvalue weighted by Crippen LogP contribution is 2.57. The Morgan fingerprint density at radius 2 is 2.20 bits per heavy atom. The molecule has 0 amide bonds. The predicted molar refractivity (Wildman–Crippen MR) is 58.2 cm³/mol. The van der Waals surface area contributed by atoms with Gasteiger partial charge in [-0.05, 0) is 44.4 Å². The first-order valence-corrected chi connectivity index (χ1v) is 5.78. The molecule has 0 aromatic heterocycles. The summed E-state index contributed by atoms with van der Waals surface area (Å²) in [5, 5.41) is 3.14. The molecule has 0 atom stereocenters. The lowest BCUT2D eigenvalue weighted by molar-refractivity contribution is -0.139. The third-order valence-corrected chi connectivity index (χ3v) is 3.60. The second-order valence-corrected chi connectivity index (χ2v) is 4.60. The van der Waals surface area contributed by atoms with Crippen LogP contribution in [0.25, 0.3) is 0 Å². The first-order chi connectivity index (χ1) is 7.21. The average molecular weight is 209 g/mol. The van der Waals surface area contributed by atoms with Gasteiger partial charge >= 0.3 is 5.97 Å². The van der Waals surface area contributed by atoms with Crippen LogP contribution in [0.5, 0.6) is 0 Å². The van der Waals surface area contributed by atoms with E-state index in [4.69, 9.17) is 4.74 Å². The fraction of sp³-hybridized carbons (Fsp3) is 0.750. The van der Waals surface area contributed by atoms with E-state index in [9.17, 15) is 4.79 Å². The van der Waals surface area contributed by atoms with Crippen molar-refractivity contribution >= 4 is 5.97 Å². The van der Waals surface area contributed by atoms with Gasteiger partial charge in [-0.2, -0.15) is 0 Å². The smallest absolute Gasteiger partial charge is 0.335 e. The predicted octanol–water partition coefficient (Wildman–Crippen LogP) is 1.99. The number of carbonyl (C=O) groups is 1. The molecule has 1 saturated carbocycles. The van der Waals surface area contributed by atoms with Crippen molar-refractivity contribution < 1.29 is 9.53 Å². The molecule has 84 valence electrons. The number of hydrogen-bond donors (Lipinski definition) is 1. The Balaban J connectivity index is 2.15. The highest BCUT2D eigenvalue weighted by atomic mass is 16.5. The molecule has 0 saturated heterocycles. The fourth-order valence-electron chi connectivity index (χ4n) is 2.40. The molecule has 0 aromatic carbocycles. The zero-order valence-corrected chi connectivity index (χ0v) is 9.56. The van der Waals surface area contributed by atoms with Crippen molar-refractivity contribution in [3.05, 3.63) is 11.3 Å². The quantitative estimate of drug-likeness (QED) is 0.722. The second kappa shape index (κ2) is 3.87. The van der Waals surface area contributed by atoms with E-state index in [0.717, 1.165) is 24.1 Å². The number of esters is 1. The lowest BCUT2D eigenvalue weighted by Crippen LogP contribution is -2.24. The van der Waals surface area contributed by atoms with E-state index < -0.39 is 0 Å². The van der Waals surface area contributed by atoms with Crippen molar-refractivity contribution in [2.24, 2.45) is 5.41 Å². The minimum absolute atomic E-state index is 0.118. The molecule has 15 heavy (non-hydrogen) atoms. The molecule has 0 heterocycles. The highest BCUT2D eigenvalue weighted by molar-refractivity contribution is 5.89. The van der Waals surface area contributed by atoms with Crippen molar-refractivity contribution in [1.29, 1.82) is 0 Å². The molecular formula is C12H19NO2. The lowest BCUT2D eigenvalue weighted by Gasteiger charge is -2.25. The van der Waals surface area contributed by atoms with Crippen LogP contribution >= 0.6 is 0 Å². The minimum Gasteiger partial charge on any atom is -0.463 e. The molecule has 1 fully saturated rings. The average Bonchev–Trinajstić information content (AvgIpc) is 2.98. The van der Waals surface area contributed by atoms with Crippen LogP contribution in [0, 0.1) is 5.41 Å². The number of allylic oxidation sites excluding steroid dienone is 1. The first-order valence-electron chi connectivity index (χ1n) is 5.78. The summed E-state index contributed by atoms with van der Waals surface area (Å²) >= 11 is 0. The maximum Gasteiger partial charge on any atom is 0.335 e. The van der Waals surface area contributed by atoms with Crippen LogP contribution in [0.1, 0.15) is 39.0 Å². The Kier molecular flexibility index (Phi) is 2.72. The number of rotatable bonds is 3.